The average Bonchev–Trinajstić information content (AvgIpc) is 3.34. The zero-order valence-corrected chi connectivity index (χ0v) is 24.1. The van der Waals surface area contributed by atoms with Crippen molar-refractivity contribution < 1.29 is 9.18 Å². The van der Waals surface area contributed by atoms with Crippen LogP contribution in [0.3, 0.4) is 0 Å². The molecule has 0 spiro atoms. The number of aromatic nitrogens is 5. The topological polar surface area (TPSA) is 147 Å². The molecule has 212 valence electrons. The molecule has 41 heavy (non-hydrogen) atoms. The van der Waals surface area contributed by atoms with Crippen LogP contribution < -0.4 is 16.4 Å². The molecule has 1 aliphatic carbocycles. The third kappa shape index (κ3) is 5.39. The van der Waals surface area contributed by atoms with Crippen molar-refractivity contribution in [2.75, 3.05) is 17.2 Å². The highest BCUT2D eigenvalue weighted by Gasteiger charge is 2.46. The first-order valence-corrected chi connectivity index (χ1v) is 13.7. The number of primary amides is 1. The normalized spacial score (nSPS) is 15.1. The zero-order valence-electron chi connectivity index (χ0n) is 23.3. The van der Waals surface area contributed by atoms with Gasteiger partial charge >= 0.3 is 0 Å². The third-order valence-electron chi connectivity index (χ3n) is 7.44. The zero-order chi connectivity index (χ0) is 29.5. The van der Waals surface area contributed by atoms with Crippen LogP contribution in [0.4, 0.5) is 15.8 Å². The van der Waals surface area contributed by atoms with Gasteiger partial charge in [-0.3, -0.25) is 9.78 Å². The highest BCUT2D eigenvalue weighted by Crippen LogP contribution is 2.40. The van der Waals surface area contributed by atoms with Crippen LogP contribution in [0.25, 0.3) is 10.9 Å². The monoisotopic (exact) mass is 575 g/mol. The SMILES string of the molecule is Cc1nc(F)ccc1C(Nc1cc(Cl)c2ncc(C#N)c(NCC(C)(C)C)c2c1)c1cn(C2(C(N)=O)CCC2)nn1. The molecule has 0 bridgehead atoms. The van der Waals surface area contributed by atoms with E-state index < -0.39 is 23.4 Å². The molecule has 4 N–H and O–H groups in total. The number of nitriles is 1. The van der Waals surface area contributed by atoms with E-state index in [4.69, 9.17) is 17.3 Å². The number of nitrogens with two attached hydrogens (primary N) is 1. The van der Waals surface area contributed by atoms with Crippen molar-refractivity contribution >= 4 is 39.8 Å². The fourth-order valence-electron chi connectivity index (χ4n) is 5.01. The Morgan fingerprint density at radius 1 is 1.32 bits per heavy atom. The second-order valence-corrected chi connectivity index (χ2v) is 12.1. The number of fused-ring (bicyclic) bond motifs is 1. The van der Waals surface area contributed by atoms with Crippen LogP contribution >= 0.6 is 11.6 Å². The van der Waals surface area contributed by atoms with Crippen molar-refractivity contribution in [3.05, 3.63) is 70.1 Å². The maximum absolute atomic E-state index is 14.0. The second kappa shape index (κ2) is 10.6. The summed E-state index contributed by atoms with van der Waals surface area (Å²) in [5.41, 5.74) is 8.56. The molecule has 1 fully saturated rings. The maximum atomic E-state index is 14.0. The van der Waals surface area contributed by atoms with Crippen molar-refractivity contribution in [3.63, 3.8) is 0 Å². The molecule has 0 saturated heterocycles. The van der Waals surface area contributed by atoms with E-state index in [0.29, 0.717) is 69.2 Å². The summed E-state index contributed by atoms with van der Waals surface area (Å²) in [4.78, 5) is 20.8. The van der Waals surface area contributed by atoms with Gasteiger partial charge in [0.05, 0.1) is 34.0 Å². The highest BCUT2D eigenvalue weighted by atomic mass is 35.5. The van der Waals surface area contributed by atoms with Gasteiger partial charge in [-0.2, -0.15) is 9.65 Å². The smallest absolute Gasteiger partial charge is 0.245 e. The van der Waals surface area contributed by atoms with Crippen molar-refractivity contribution in [2.45, 2.75) is 58.5 Å². The lowest BCUT2D eigenvalue weighted by Crippen LogP contribution is -2.51. The number of amides is 1. The first-order valence-electron chi connectivity index (χ1n) is 13.3. The van der Waals surface area contributed by atoms with E-state index in [-0.39, 0.29) is 5.41 Å². The lowest BCUT2D eigenvalue weighted by molar-refractivity contribution is -0.131. The Morgan fingerprint density at radius 3 is 2.68 bits per heavy atom. The molecule has 1 unspecified atom stereocenters. The Hall–Kier alpha value is -4.30. The molecule has 3 heterocycles. The molecule has 1 amide bonds. The second-order valence-electron chi connectivity index (χ2n) is 11.7. The van der Waals surface area contributed by atoms with Crippen molar-refractivity contribution in [1.29, 1.82) is 5.26 Å². The van der Waals surface area contributed by atoms with Gasteiger partial charge in [0.15, 0.2) is 0 Å². The average molecular weight is 576 g/mol. The van der Waals surface area contributed by atoms with Crippen LogP contribution in [-0.4, -0.2) is 37.4 Å². The first kappa shape index (κ1) is 28.2. The number of carbonyl (C=O) groups excluding carboxylic acids is 1. The number of anilines is 2. The molecule has 0 aliphatic heterocycles. The molecule has 5 rings (SSSR count). The lowest BCUT2D eigenvalue weighted by Gasteiger charge is -2.38. The molecular weight excluding hydrogens is 545 g/mol. The van der Waals surface area contributed by atoms with Crippen molar-refractivity contribution in [1.82, 2.24) is 25.0 Å². The van der Waals surface area contributed by atoms with Gasteiger partial charge in [0, 0.05) is 35.1 Å². The molecule has 1 aliphatic rings. The van der Waals surface area contributed by atoms with E-state index in [9.17, 15) is 14.4 Å². The molecule has 10 nitrogen and oxygen atoms in total. The summed E-state index contributed by atoms with van der Waals surface area (Å²) in [6.07, 6.45) is 5.23. The van der Waals surface area contributed by atoms with E-state index in [2.05, 4.69) is 57.8 Å². The first-order chi connectivity index (χ1) is 19.4. The summed E-state index contributed by atoms with van der Waals surface area (Å²) in [6, 6.07) is 8.09. The number of pyridine rings is 2. The number of hydrogen-bond acceptors (Lipinski definition) is 8. The fourth-order valence-corrected chi connectivity index (χ4v) is 5.28. The number of aryl methyl sites for hydroxylation is 1. The van der Waals surface area contributed by atoms with E-state index in [1.54, 1.807) is 25.3 Å². The minimum absolute atomic E-state index is 0.0469. The number of benzene rings is 1. The van der Waals surface area contributed by atoms with E-state index >= 15 is 0 Å². The van der Waals surface area contributed by atoms with Crippen molar-refractivity contribution in [3.8, 4) is 6.07 Å². The summed E-state index contributed by atoms with van der Waals surface area (Å²) < 4.78 is 15.5. The van der Waals surface area contributed by atoms with Gasteiger partial charge in [-0.05, 0) is 49.8 Å². The number of carbonyl (C=O) groups is 1. The van der Waals surface area contributed by atoms with Gasteiger partial charge in [-0.25, -0.2) is 9.67 Å². The predicted molar refractivity (Wildman–Crippen MR) is 155 cm³/mol. The van der Waals surface area contributed by atoms with Crippen LogP contribution in [0.2, 0.25) is 5.02 Å². The minimum atomic E-state index is -0.912. The number of nitrogens with one attached hydrogen (secondary N) is 2. The molecule has 1 saturated carbocycles. The van der Waals surface area contributed by atoms with E-state index in [1.807, 2.05) is 6.07 Å². The maximum Gasteiger partial charge on any atom is 0.245 e. The van der Waals surface area contributed by atoms with Crippen molar-refractivity contribution in [2.24, 2.45) is 11.1 Å². The van der Waals surface area contributed by atoms with Crippen LogP contribution in [0.1, 0.15) is 68.6 Å². The highest BCUT2D eigenvalue weighted by molar-refractivity contribution is 6.35. The molecule has 0 radical (unpaired) electrons. The number of rotatable bonds is 8. The van der Waals surface area contributed by atoms with Gasteiger partial charge in [-0.15, -0.1) is 5.10 Å². The largest absolute Gasteiger partial charge is 0.383 e. The molecular formula is C29H31ClFN9O. The van der Waals surface area contributed by atoms with Gasteiger partial charge in [0.2, 0.25) is 11.9 Å². The Labute approximate surface area is 242 Å². The van der Waals surface area contributed by atoms with Gasteiger partial charge in [-0.1, -0.05) is 43.7 Å². The molecule has 1 atom stereocenters. The van der Waals surface area contributed by atoms with Crippen LogP contribution in [-0.2, 0) is 10.3 Å². The van der Waals surface area contributed by atoms with Gasteiger partial charge < -0.3 is 16.4 Å². The van der Waals surface area contributed by atoms with Crippen LogP contribution in [0, 0.1) is 29.6 Å². The fraction of sp³-hybridized carbons (Fsp3) is 0.379. The Morgan fingerprint density at radius 2 is 2.07 bits per heavy atom. The quantitative estimate of drug-likeness (QED) is 0.242. The van der Waals surface area contributed by atoms with Crippen LogP contribution in [0.15, 0.2) is 36.7 Å². The Kier molecular flexibility index (Phi) is 7.30. The predicted octanol–water partition coefficient (Wildman–Crippen LogP) is 5.22. The summed E-state index contributed by atoms with van der Waals surface area (Å²) in [6.45, 7) is 8.61. The number of halogens is 2. The summed E-state index contributed by atoms with van der Waals surface area (Å²) in [5.74, 6) is -1.06. The summed E-state index contributed by atoms with van der Waals surface area (Å²) >= 11 is 6.71. The Bertz CT molecular complexity index is 1680. The summed E-state index contributed by atoms with van der Waals surface area (Å²) in [7, 11) is 0. The Balaban J connectivity index is 1.61. The molecule has 12 heteroatoms. The minimum Gasteiger partial charge on any atom is -0.383 e. The van der Waals surface area contributed by atoms with E-state index in [1.165, 1.54) is 16.9 Å². The standard InChI is InChI=1S/C29H31ClFN9O/c1-16-19(6-7-23(31)36-16)26(22-14-40(39-38-22)29(27(33)41)8-5-9-29)37-18-10-20-24(35-15-28(2,3)4)17(12-32)13-34-25(20)21(30)11-18/h6-7,10-11,13-14,26,37H,5,8-9,15H2,1-4H3,(H2,33,41)(H,34,35). The van der Waals surface area contributed by atoms with Crippen LogP contribution in [0.5, 0.6) is 0 Å². The molecule has 4 aromatic rings. The van der Waals surface area contributed by atoms with E-state index in [0.717, 1.165) is 6.42 Å². The molecule has 1 aromatic carbocycles. The third-order valence-corrected chi connectivity index (χ3v) is 7.73. The van der Waals surface area contributed by atoms with Gasteiger partial charge in [0.25, 0.3) is 0 Å². The summed E-state index contributed by atoms with van der Waals surface area (Å²) in [5, 5.41) is 26.4. The van der Waals surface area contributed by atoms with Gasteiger partial charge in [0.1, 0.15) is 17.3 Å². The molecule has 3 aromatic heterocycles. The number of hydrogen-bond donors (Lipinski definition) is 3. The number of nitrogens with zero attached hydrogens (tertiary/aromatic N) is 6. The lowest BCUT2D eigenvalue weighted by atomic mass is 9.76.